The van der Waals surface area contributed by atoms with Crippen LogP contribution >= 0.6 is 0 Å². The highest BCUT2D eigenvalue weighted by molar-refractivity contribution is 5.87. The number of carbonyl (C=O) groups excluding carboxylic acids is 2. The van der Waals surface area contributed by atoms with E-state index in [0.717, 1.165) is 18.6 Å². The van der Waals surface area contributed by atoms with Crippen LogP contribution in [0.5, 0.6) is 0 Å². The molecule has 2 atom stereocenters. The number of amides is 2. The molecule has 0 saturated carbocycles. The van der Waals surface area contributed by atoms with E-state index in [-0.39, 0.29) is 23.9 Å². The van der Waals surface area contributed by atoms with E-state index >= 15 is 0 Å². The van der Waals surface area contributed by atoms with Gasteiger partial charge in [0.1, 0.15) is 11.8 Å². The van der Waals surface area contributed by atoms with Gasteiger partial charge in [0.25, 0.3) is 0 Å². The van der Waals surface area contributed by atoms with Crippen molar-refractivity contribution in [1.82, 2.24) is 15.1 Å². The largest absolute Gasteiger partial charge is 0.468 e. The van der Waals surface area contributed by atoms with Crippen molar-refractivity contribution in [2.45, 2.75) is 31.8 Å². The summed E-state index contributed by atoms with van der Waals surface area (Å²) in [6, 6.07) is 3.38. The zero-order chi connectivity index (χ0) is 15.4. The summed E-state index contributed by atoms with van der Waals surface area (Å²) in [5.41, 5.74) is 0. The summed E-state index contributed by atoms with van der Waals surface area (Å²) in [5, 5.41) is 2.94. The fourth-order valence-electron chi connectivity index (χ4n) is 2.75. The minimum absolute atomic E-state index is 0.0175. The summed E-state index contributed by atoms with van der Waals surface area (Å²) in [5.74, 6) is 0.694. The molecule has 1 aliphatic rings. The van der Waals surface area contributed by atoms with Crippen molar-refractivity contribution >= 4 is 11.8 Å². The molecule has 2 rings (SSSR count). The average Bonchev–Trinajstić information content (AvgIpc) is 3.09. The van der Waals surface area contributed by atoms with E-state index in [9.17, 15) is 9.59 Å². The highest BCUT2D eigenvalue weighted by atomic mass is 16.3. The van der Waals surface area contributed by atoms with Crippen molar-refractivity contribution in [3.63, 3.8) is 0 Å². The number of furan rings is 1. The predicted molar refractivity (Wildman–Crippen MR) is 78.6 cm³/mol. The molecule has 1 aromatic rings. The summed E-state index contributed by atoms with van der Waals surface area (Å²) in [6.07, 6.45) is 3.24. The lowest BCUT2D eigenvalue weighted by Gasteiger charge is -2.26. The Kier molecular flexibility index (Phi) is 5.01. The highest BCUT2D eigenvalue weighted by Crippen LogP contribution is 2.20. The minimum atomic E-state index is -0.332. The number of hydrogen-bond donors (Lipinski definition) is 1. The van der Waals surface area contributed by atoms with E-state index in [1.807, 2.05) is 31.1 Å². The number of nitrogens with one attached hydrogen (secondary N) is 1. The first kappa shape index (κ1) is 15.6. The zero-order valence-corrected chi connectivity index (χ0v) is 12.8. The van der Waals surface area contributed by atoms with Gasteiger partial charge in [0.15, 0.2) is 0 Å². The van der Waals surface area contributed by atoms with Gasteiger partial charge < -0.3 is 14.6 Å². The maximum Gasteiger partial charge on any atom is 0.242 e. The zero-order valence-electron chi connectivity index (χ0n) is 12.8. The number of likely N-dealkylation sites (N-methyl/N-ethyl adjacent to an activating group) is 1. The molecule has 116 valence electrons. The van der Waals surface area contributed by atoms with Crippen LogP contribution in [0.15, 0.2) is 22.8 Å². The molecule has 1 aliphatic heterocycles. The molecule has 0 bridgehead atoms. The Morgan fingerprint density at radius 3 is 2.86 bits per heavy atom. The maximum absolute atomic E-state index is 12.3. The van der Waals surface area contributed by atoms with Crippen LogP contribution in [0.4, 0.5) is 0 Å². The summed E-state index contributed by atoms with van der Waals surface area (Å²) >= 11 is 0. The van der Waals surface area contributed by atoms with Gasteiger partial charge in [-0.15, -0.1) is 0 Å². The third-order valence-electron chi connectivity index (χ3n) is 3.92. The van der Waals surface area contributed by atoms with Gasteiger partial charge in [0, 0.05) is 20.0 Å². The Hall–Kier alpha value is -1.82. The normalized spacial score (nSPS) is 19.8. The van der Waals surface area contributed by atoms with Crippen molar-refractivity contribution in [2.24, 2.45) is 0 Å². The molecule has 21 heavy (non-hydrogen) atoms. The van der Waals surface area contributed by atoms with Gasteiger partial charge in [-0.3, -0.25) is 14.5 Å². The van der Waals surface area contributed by atoms with Crippen LogP contribution in [0.3, 0.4) is 0 Å². The summed E-state index contributed by atoms with van der Waals surface area (Å²) < 4.78 is 5.42. The van der Waals surface area contributed by atoms with Crippen molar-refractivity contribution in [1.29, 1.82) is 0 Å². The quantitative estimate of drug-likeness (QED) is 0.880. The van der Waals surface area contributed by atoms with Crippen LogP contribution in [0, 0.1) is 0 Å². The fourth-order valence-corrected chi connectivity index (χ4v) is 2.75. The highest BCUT2D eigenvalue weighted by Gasteiger charge is 2.32. The first-order valence-electron chi connectivity index (χ1n) is 7.25. The van der Waals surface area contributed by atoms with Gasteiger partial charge in [-0.2, -0.15) is 0 Å². The predicted octanol–water partition coefficient (Wildman–Crippen LogP) is 1.01. The topological polar surface area (TPSA) is 65.8 Å². The molecular weight excluding hydrogens is 270 g/mol. The second-order valence-corrected chi connectivity index (χ2v) is 5.61. The Labute approximate surface area is 125 Å². The molecule has 0 radical (unpaired) electrons. The SMILES string of the molecule is CC(=O)N1CCC[C@H]1C(=O)NC[C@@H](c1ccco1)N(C)C. The monoisotopic (exact) mass is 293 g/mol. The molecule has 6 heteroatoms. The van der Waals surface area contributed by atoms with Gasteiger partial charge in [-0.25, -0.2) is 0 Å². The molecule has 6 nitrogen and oxygen atoms in total. The van der Waals surface area contributed by atoms with Crippen molar-refractivity contribution in [3.8, 4) is 0 Å². The van der Waals surface area contributed by atoms with Gasteiger partial charge in [0.2, 0.25) is 11.8 Å². The standard InChI is InChI=1S/C15H23N3O3/c1-11(19)18-8-4-6-12(18)15(20)16-10-13(17(2)3)14-7-5-9-21-14/h5,7,9,12-13H,4,6,8,10H2,1-3H3,(H,16,20)/t12-,13-/m0/s1. The second kappa shape index (κ2) is 6.76. The van der Waals surface area contributed by atoms with Gasteiger partial charge >= 0.3 is 0 Å². The lowest BCUT2D eigenvalue weighted by atomic mass is 10.1. The molecule has 2 amide bonds. The molecule has 1 N–H and O–H groups in total. The van der Waals surface area contributed by atoms with E-state index in [0.29, 0.717) is 13.1 Å². The number of carbonyl (C=O) groups is 2. The van der Waals surface area contributed by atoms with E-state index in [1.165, 1.54) is 6.92 Å². The number of likely N-dealkylation sites (tertiary alicyclic amines) is 1. The van der Waals surface area contributed by atoms with Crippen LogP contribution in [0.2, 0.25) is 0 Å². The number of hydrogen-bond acceptors (Lipinski definition) is 4. The first-order chi connectivity index (χ1) is 10.0. The Morgan fingerprint density at radius 2 is 2.29 bits per heavy atom. The van der Waals surface area contributed by atoms with Crippen LogP contribution in [0.1, 0.15) is 31.6 Å². The van der Waals surface area contributed by atoms with Crippen LogP contribution < -0.4 is 5.32 Å². The molecule has 1 fully saturated rings. The van der Waals surface area contributed by atoms with E-state index in [4.69, 9.17) is 4.42 Å². The number of rotatable bonds is 5. The molecular formula is C15H23N3O3. The van der Waals surface area contributed by atoms with E-state index in [2.05, 4.69) is 5.32 Å². The van der Waals surface area contributed by atoms with Crippen LogP contribution in [-0.4, -0.2) is 54.8 Å². The third-order valence-corrected chi connectivity index (χ3v) is 3.92. The molecule has 0 unspecified atom stereocenters. The van der Waals surface area contributed by atoms with E-state index in [1.54, 1.807) is 11.2 Å². The number of nitrogens with zero attached hydrogens (tertiary/aromatic N) is 2. The Morgan fingerprint density at radius 1 is 1.52 bits per heavy atom. The van der Waals surface area contributed by atoms with Crippen molar-refractivity contribution in [2.75, 3.05) is 27.2 Å². The van der Waals surface area contributed by atoms with Gasteiger partial charge in [0.05, 0.1) is 12.3 Å². The molecule has 0 aromatic carbocycles. The lowest BCUT2D eigenvalue weighted by Crippen LogP contribution is -2.47. The van der Waals surface area contributed by atoms with Crippen LogP contribution in [0.25, 0.3) is 0 Å². The smallest absolute Gasteiger partial charge is 0.242 e. The Bertz CT molecular complexity index is 484. The molecule has 1 aromatic heterocycles. The second-order valence-electron chi connectivity index (χ2n) is 5.61. The maximum atomic E-state index is 12.3. The summed E-state index contributed by atoms with van der Waals surface area (Å²) in [4.78, 5) is 27.5. The summed E-state index contributed by atoms with van der Waals surface area (Å²) in [7, 11) is 3.88. The van der Waals surface area contributed by atoms with Gasteiger partial charge in [-0.1, -0.05) is 0 Å². The summed E-state index contributed by atoms with van der Waals surface area (Å²) in [6.45, 7) is 2.64. The molecule has 1 saturated heterocycles. The fraction of sp³-hybridized carbons (Fsp3) is 0.600. The molecule has 0 aliphatic carbocycles. The average molecular weight is 293 g/mol. The lowest BCUT2D eigenvalue weighted by molar-refractivity contribution is -0.136. The van der Waals surface area contributed by atoms with Crippen LogP contribution in [-0.2, 0) is 9.59 Å². The molecule has 0 spiro atoms. The minimum Gasteiger partial charge on any atom is -0.468 e. The Balaban J connectivity index is 1.95. The first-order valence-corrected chi connectivity index (χ1v) is 7.25. The molecule has 2 heterocycles. The third kappa shape index (κ3) is 3.64. The van der Waals surface area contributed by atoms with E-state index < -0.39 is 0 Å². The van der Waals surface area contributed by atoms with Crippen molar-refractivity contribution < 1.29 is 14.0 Å². The van der Waals surface area contributed by atoms with Crippen molar-refractivity contribution in [3.05, 3.63) is 24.2 Å². The van der Waals surface area contributed by atoms with Gasteiger partial charge in [-0.05, 0) is 39.1 Å².